The molecule has 27 heavy (non-hydrogen) atoms. The molecular formula is C18H24ClN5O2S. The molecule has 0 fully saturated rings. The Balaban J connectivity index is 0.00000261. The molecule has 0 aliphatic rings. The number of amides is 1. The van der Waals surface area contributed by atoms with Crippen LogP contribution < -0.4 is 9.64 Å². The zero-order chi connectivity index (χ0) is 18.7. The molecule has 0 saturated carbocycles. The van der Waals surface area contributed by atoms with Gasteiger partial charge in [-0.05, 0) is 45.3 Å². The highest BCUT2D eigenvalue weighted by atomic mass is 35.5. The predicted octanol–water partition coefficient (Wildman–Crippen LogP) is 3.06. The fourth-order valence-corrected chi connectivity index (χ4v) is 3.70. The molecule has 0 radical (unpaired) electrons. The quantitative estimate of drug-likeness (QED) is 0.600. The van der Waals surface area contributed by atoms with Crippen LogP contribution >= 0.6 is 23.7 Å². The number of hydrogen-bond acceptors (Lipinski definition) is 6. The van der Waals surface area contributed by atoms with Crippen molar-refractivity contribution in [3.05, 3.63) is 36.2 Å². The van der Waals surface area contributed by atoms with Crippen molar-refractivity contribution in [3.8, 4) is 5.75 Å². The molecule has 0 bridgehead atoms. The molecule has 146 valence electrons. The summed E-state index contributed by atoms with van der Waals surface area (Å²) in [6.45, 7) is 1.47. The standard InChI is InChI=1S/C18H23N5O2S.ClH/c1-21(2)10-6-11-23(17(24)13-9-12-22(3)20-13)18-19-16-14(25-4)7-5-8-15(16)26-18;/h5,7-9,12H,6,10-11H2,1-4H3;1H. The minimum absolute atomic E-state index is 0. The van der Waals surface area contributed by atoms with Crippen LogP contribution in [0.1, 0.15) is 16.9 Å². The number of aromatic nitrogens is 3. The molecule has 0 N–H and O–H groups in total. The van der Waals surface area contributed by atoms with Crippen molar-refractivity contribution in [3.63, 3.8) is 0 Å². The number of rotatable bonds is 7. The number of carbonyl (C=O) groups excluding carboxylic acids is 1. The van der Waals surface area contributed by atoms with E-state index in [1.54, 1.807) is 36.0 Å². The van der Waals surface area contributed by atoms with Crippen LogP contribution in [-0.2, 0) is 7.05 Å². The second-order valence-corrected chi connectivity index (χ2v) is 7.30. The molecule has 3 aromatic rings. The van der Waals surface area contributed by atoms with Crippen molar-refractivity contribution in [2.45, 2.75) is 6.42 Å². The maximum atomic E-state index is 13.0. The average Bonchev–Trinajstić information content (AvgIpc) is 3.23. The normalized spacial score (nSPS) is 10.9. The fourth-order valence-electron chi connectivity index (χ4n) is 2.69. The number of aryl methyl sites for hydroxylation is 1. The molecule has 1 aromatic carbocycles. The van der Waals surface area contributed by atoms with E-state index < -0.39 is 0 Å². The lowest BCUT2D eigenvalue weighted by molar-refractivity contribution is 0.0980. The Labute approximate surface area is 169 Å². The summed E-state index contributed by atoms with van der Waals surface area (Å²) < 4.78 is 8.02. The Kier molecular flexibility index (Phi) is 7.18. The van der Waals surface area contributed by atoms with Crippen LogP contribution in [0.2, 0.25) is 0 Å². The van der Waals surface area contributed by atoms with Gasteiger partial charge in [0.15, 0.2) is 10.8 Å². The molecule has 0 unspecified atom stereocenters. The fraction of sp³-hybridized carbons (Fsp3) is 0.389. The molecule has 0 saturated heterocycles. The first kappa shape index (κ1) is 21.1. The zero-order valence-corrected chi connectivity index (χ0v) is 17.5. The van der Waals surface area contributed by atoms with E-state index in [1.807, 2.05) is 32.3 Å². The number of nitrogens with zero attached hydrogens (tertiary/aromatic N) is 5. The summed E-state index contributed by atoms with van der Waals surface area (Å²) in [6, 6.07) is 7.53. The zero-order valence-electron chi connectivity index (χ0n) is 15.9. The van der Waals surface area contributed by atoms with E-state index in [9.17, 15) is 4.79 Å². The summed E-state index contributed by atoms with van der Waals surface area (Å²) in [7, 11) is 7.47. The Bertz CT molecular complexity index is 908. The summed E-state index contributed by atoms with van der Waals surface area (Å²) in [5, 5.41) is 4.92. The molecule has 7 nitrogen and oxygen atoms in total. The van der Waals surface area contributed by atoms with Crippen LogP contribution in [0.15, 0.2) is 30.5 Å². The molecule has 2 aromatic heterocycles. The van der Waals surface area contributed by atoms with Gasteiger partial charge in [0.05, 0.1) is 11.8 Å². The maximum absolute atomic E-state index is 13.0. The summed E-state index contributed by atoms with van der Waals surface area (Å²) in [4.78, 5) is 21.5. The van der Waals surface area contributed by atoms with Gasteiger partial charge >= 0.3 is 0 Å². The van der Waals surface area contributed by atoms with Gasteiger partial charge in [0.2, 0.25) is 0 Å². The number of hydrogen-bond donors (Lipinski definition) is 0. The molecule has 1 amide bonds. The molecular weight excluding hydrogens is 386 g/mol. The van der Waals surface area contributed by atoms with Crippen molar-refractivity contribution in [2.75, 3.05) is 39.2 Å². The third-order valence-corrected chi connectivity index (χ3v) is 5.03. The Morgan fingerprint density at radius 3 is 2.67 bits per heavy atom. The third-order valence-electron chi connectivity index (χ3n) is 3.99. The van der Waals surface area contributed by atoms with Crippen molar-refractivity contribution < 1.29 is 9.53 Å². The van der Waals surface area contributed by atoms with E-state index in [2.05, 4.69) is 15.0 Å². The van der Waals surface area contributed by atoms with Gasteiger partial charge in [0.25, 0.3) is 5.91 Å². The van der Waals surface area contributed by atoms with E-state index in [0.29, 0.717) is 23.1 Å². The first-order chi connectivity index (χ1) is 12.5. The first-order valence-corrected chi connectivity index (χ1v) is 9.21. The van der Waals surface area contributed by atoms with Gasteiger partial charge in [-0.2, -0.15) is 5.10 Å². The molecule has 0 atom stereocenters. The van der Waals surface area contributed by atoms with E-state index in [0.717, 1.165) is 23.2 Å². The minimum atomic E-state index is -0.137. The van der Waals surface area contributed by atoms with Gasteiger partial charge in [-0.25, -0.2) is 4.98 Å². The van der Waals surface area contributed by atoms with Crippen LogP contribution in [0, 0.1) is 0 Å². The molecule has 3 rings (SSSR count). The van der Waals surface area contributed by atoms with E-state index in [1.165, 1.54) is 11.3 Å². The lowest BCUT2D eigenvalue weighted by Crippen LogP contribution is -2.33. The topological polar surface area (TPSA) is 63.5 Å². The summed E-state index contributed by atoms with van der Waals surface area (Å²) in [5.74, 6) is 0.575. The number of ether oxygens (including phenoxy) is 1. The number of thiazole rings is 1. The first-order valence-electron chi connectivity index (χ1n) is 8.39. The number of methoxy groups -OCH3 is 1. The Morgan fingerprint density at radius 1 is 1.26 bits per heavy atom. The highest BCUT2D eigenvalue weighted by molar-refractivity contribution is 7.22. The third kappa shape index (κ3) is 4.77. The molecule has 0 spiro atoms. The molecule has 0 aliphatic carbocycles. The molecule has 2 heterocycles. The SMILES string of the molecule is COc1cccc2sc(N(CCCN(C)C)C(=O)c3ccn(C)n3)nc12.Cl. The number of carbonyl (C=O) groups is 1. The number of anilines is 1. The van der Waals surface area contributed by atoms with Gasteiger partial charge < -0.3 is 9.64 Å². The van der Waals surface area contributed by atoms with E-state index in [-0.39, 0.29) is 18.3 Å². The number of fused-ring (bicyclic) bond motifs is 1. The van der Waals surface area contributed by atoms with Crippen LogP contribution in [0.4, 0.5) is 5.13 Å². The Hall–Kier alpha value is -2.16. The van der Waals surface area contributed by atoms with Gasteiger partial charge in [0, 0.05) is 19.8 Å². The highest BCUT2D eigenvalue weighted by Crippen LogP contribution is 2.34. The van der Waals surface area contributed by atoms with Gasteiger partial charge in [0.1, 0.15) is 11.3 Å². The van der Waals surface area contributed by atoms with Crippen molar-refractivity contribution in [1.29, 1.82) is 0 Å². The van der Waals surface area contributed by atoms with Gasteiger partial charge in [-0.3, -0.25) is 14.4 Å². The smallest absolute Gasteiger partial charge is 0.280 e. The van der Waals surface area contributed by atoms with Crippen LogP contribution in [-0.4, -0.2) is 59.9 Å². The Morgan fingerprint density at radius 2 is 2.04 bits per heavy atom. The number of benzene rings is 1. The van der Waals surface area contributed by atoms with Crippen LogP contribution in [0.25, 0.3) is 10.2 Å². The van der Waals surface area contributed by atoms with E-state index in [4.69, 9.17) is 4.74 Å². The predicted molar refractivity (Wildman–Crippen MR) is 111 cm³/mol. The maximum Gasteiger partial charge on any atom is 0.280 e. The largest absolute Gasteiger partial charge is 0.494 e. The van der Waals surface area contributed by atoms with Crippen LogP contribution in [0.3, 0.4) is 0 Å². The summed E-state index contributed by atoms with van der Waals surface area (Å²) in [5.41, 5.74) is 1.20. The number of para-hydroxylation sites is 1. The molecule has 0 aliphatic heterocycles. The lowest BCUT2D eigenvalue weighted by Gasteiger charge is -2.20. The van der Waals surface area contributed by atoms with Crippen molar-refractivity contribution in [1.82, 2.24) is 19.7 Å². The summed E-state index contributed by atoms with van der Waals surface area (Å²) >= 11 is 1.49. The molecule has 9 heteroatoms. The minimum Gasteiger partial charge on any atom is -0.494 e. The van der Waals surface area contributed by atoms with Crippen LogP contribution in [0.5, 0.6) is 5.75 Å². The number of halogens is 1. The van der Waals surface area contributed by atoms with Gasteiger partial charge in [-0.15, -0.1) is 12.4 Å². The van der Waals surface area contributed by atoms with Crippen molar-refractivity contribution in [2.24, 2.45) is 7.05 Å². The monoisotopic (exact) mass is 409 g/mol. The highest BCUT2D eigenvalue weighted by Gasteiger charge is 2.23. The second-order valence-electron chi connectivity index (χ2n) is 6.29. The second kappa shape index (κ2) is 9.16. The van der Waals surface area contributed by atoms with Gasteiger partial charge in [-0.1, -0.05) is 17.4 Å². The van der Waals surface area contributed by atoms with E-state index >= 15 is 0 Å². The average molecular weight is 410 g/mol. The summed E-state index contributed by atoms with van der Waals surface area (Å²) in [6.07, 6.45) is 2.62. The van der Waals surface area contributed by atoms with Crippen molar-refractivity contribution >= 4 is 45.0 Å². The lowest BCUT2D eigenvalue weighted by atomic mass is 10.3.